The van der Waals surface area contributed by atoms with E-state index in [9.17, 15) is 8.42 Å². The van der Waals surface area contributed by atoms with E-state index in [2.05, 4.69) is 12.2 Å². The van der Waals surface area contributed by atoms with E-state index in [-0.39, 0.29) is 9.88 Å². The normalized spacial score (nSPS) is 11.2. The minimum Gasteiger partial charge on any atom is -0.389 e. The Morgan fingerprint density at radius 1 is 1.46 bits per heavy atom. The number of rotatable bonds is 2. The summed E-state index contributed by atoms with van der Waals surface area (Å²) in [6.07, 6.45) is 0. The minimum atomic E-state index is -4.17. The first kappa shape index (κ1) is 10.1. The van der Waals surface area contributed by atoms with E-state index in [1.165, 1.54) is 18.2 Å². The molecule has 0 aromatic heterocycles. The highest BCUT2D eigenvalue weighted by Crippen LogP contribution is 2.10. The summed E-state index contributed by atoms with van der Waals surface area (Å²) in [6.45, 7) is 0. The molecule has 0 radical (unpaired) electrons. The monoisotopic (exact) mass is 217 g/mol. The van der Waals surface area contributed by atoms with Crippen molar-refractivity contribution in [3.8, 4) is 0 Å². The Labute approximate surface area is 81.1 Å². The van der Waals surface area contributed by atoms with Gasteiger partial charge in [-0.25, -0.2) is 0 Å². The highest BCUT2D eigenvalue weighted by Gasteiger charge is 2.09. The summed E-state index contributed by atoms with van der Waals surface area (Å²) in [4.78, 5) is -0.122. The van der Waals surface area contributed by atoms with Crippen LogP contribution in [0.15, 0.2) is 29.2 Å². The van der Waals surface area contributed by atoms with Crippen molar-refractivity contribution in [2.45, 2.75) is 4.90 Å². The van der Waals surface area contributed by atoms with Crippen LogP contribution >= 0.6 is 12.2 Å². The SMILES string of the molecule is NC(=S)c1cccc(S(=O)(=O)O)c1. The Hall–Kier alpha value is -0.980. The van der Waals surface area contributed by atoms with Crippen LogP contribution in [0.5, 0.6) is 0 Å². The van der Waals surface area contributed by atoms with Gasteiger partial charge in [-0.2, -0.15) is 8.42 Å². The number of hydrogen-bond donors (Lipinski definition) is 2. The fourth-order valence-corrected chi connectivity index (χ4v) is 1.46. The molecule has 0 unspecified atom stereocenters. The molecule has 4 nitrogen and oxygen atoms in total. The maximum absolute atomic E-state index is 10.7. The Bertz CT molecular complexity index is 439. The van der Waals surface area contributed by atoms with Crippen molar-refractivity contribution in [1.82, 2.24) is 0 Å². The van der Waals surface area contributed by atoms with Gasteiger partial charge in [-0.15, -0.1) is 0 Å². The van der Waals surface area contributed by atoms with Crippen molar-refractivity contribution in [2.24, 2.45) is 5.73 Å². The van der Waals surface area contributed by atoms with E-state index in [0.717, 1.165) is 0 Å². The van der Waals surface area contributed by atoms with Gasteiger partial charge in [-0.05, 0) is 12.1 Å². The summed E-state index contributed by atoms with van der Waals surface area (Å²) < 4.78 is 30.0. The molecular weight excluding hydrogens is 210 g/mol. The van der Waals surface area contributed by atoms with Gasteiger partial charge in [0.2, 0.25) is 0 Å². The first-order valence-corrected chi connectivity index (χ1v) is 5.13. The minimum absolute atomic E-state index is 0.0884. The number of benzene rings is 1. The van der Waals surface area contributed by atoms with Crippen LogP contribution in [0.3, 0.4) is 0 Å². The second-order valence-electron chi connectivity index (χ2n) is 2.37. The molecule has 0 amide bonds. The average molecular weight is 217 g/mol. The van der Waals surface area contributed by atoms with E-state index in [4.69, 9.17) is 10.3 Å². The summed E-state index contributed by atoms with van der Waals surface area (Å²) in [5.74, 6) is 0. The second-order valence-corrected chi connectivity index (χ2v) is 4.23. The summed E-state index contributed by atoms with van der Waals surface area (Å²) in [5, 5.41) is 0. The zero-order chi connectivity index (χ0) is 10.1. The predicted molar refractivity (Wildman–Crippen MR) is 52.1 cm³/mol. The number of hydrogen-bond acceptors (Lipinski definition) is 3. The lowest BCUT2D eigenvalue weighted by atomic mass is 10.2. The van der Waals surface area contributed by atoms with Gasteiger partial charge in [-0.1, -0.05) is 24.4 Å². The lowest BCUT2D eigenvalue weighted by molar-refractivity contribution is 0.483. The molecule has 1 rings (SSSR count). The molecule has 0 atom stereocenters. The topological polar surface area (TPSA) is 80.4 Å². The fourth-order valence-electron chi connectivity index (χ4n) is 0.810. The molecule has 0 aliphatic rings. The molecule has 0 heterocycles. The summed E-state index contributed by atoms with van der Waals surface area (Å²) in [7, 11) is -4.17. The van der Waals surface area contributed by atoms with E-state index < -0.39 is 10.1 Å². The van der Waals surface area contributed by atoms with E-state index >= 15 is 0 Å². The first-order chi connectivity index (χ1) is 5.91. The van der Waals surface area contributed by atoms with Crippen LogP contribution in [0.2, 0.25) is 0 Å². The third-order valence-corrected chi connectivity index (χ3v) is 2.50. The molecule has 1 aromatic carbocycles. The molecule has 0 bridgehead atoms. The standard InChI is InChI=1S/C7H7NO3S2/c8-7(12)5-2-1-3-6(4-5)13(9,10)11/h1-4H,(H2,8,12)(H,9,10,11). The first-order valence-electron chi connectivity index (χ1n) is 3.28. The summed E-state index contributed by atoms with van der Waals surface area (Å²) in [6, 6.07) is 5.50. The van der Waals surface area contributed by atoms with Crippen molar-refractivity contribution >= 4 is 27.3 Å². The Balaban J connectivity index is 3.29. The molecule has 0 saturated heterocycles. The average Bonchev–Trinajstić information content (AvgIpc) is 2.03. The highest BCUT2D eigenvalue weighted by molar-refractivity contribution is 7.85. The third-order valence-electron chi connectivity index (χ3n) is 1.42. The van der Waals surface area contributed by atoms with Gasteiger partial charge in [0, 0.05) is 5.56 Å². The molecule has 0 saturated carbocycles. The van der Waals surface area contributed by atoms with Crippen molar-refractivity contribution in [2.75, 3.05) is 0 Å². The molecule has 0 spiro atoms. The van der Waals surface area contributed by atoms with Crippen LogP contribution < -0.4 is 5.73 Å². The molecule has 0 fully saturated rings. The smallest absolute Gasteiger partial charge is 0.294 e. The number of thiocarbonyl (C=S) groups is 1. The molecule has 1 aromatic rings. The molecule has 6 heteroatoms. The van der Waals surface area contributed by atoms with Crippen molar-refractivity contribution < 1.29 is 13.0 Å². The molecule has 70 valence electrons. The van der Waals surface area contributed by atoms with E-state index in [1.807, 2.05) is 0 Å². The quantitative estimate of drug-likeness (QED) is 0.559. The van der Waals surface area contributed by atoms with Crippen LogP contribution in [0, 0.1) is 0 Å². The fraction of sp³-hybridized carbons (Fsp3) is 0. The van der Waals surface area contributed by atoms with Gasteiger partial charge >= 0.3 is 0 Å². The number of nitrogens with two attached hydrogens (primary N) is 1. The van der Waals surface area contributed by atoms with Crippen LogP contribution in [0.1, 0.15) is 5.56 Å². The van der Waals surface area contributed by atoms with E-state index in [0.29, 0.717) is 5.56 Å². The largest absolute Gasteiger partial charge is 0.389 e. The maximum Gasteiger partial charge on any atom is 0.294 e. The van der Waals surface area contributed by atoms with Crippen LogP contribution in [-0.4, -0.2) is 18.0 Å². The summed E-state index contributed by atoms with van der Waals surface area (Å²) in [5.41, 5.74) is 5.69. The Morgan fingerprint density at radius 2 is 2.08 bits per heavy atom. The van der Waals surface area contributed by atoms with Crippen molar-refractivity contribution in [3.05, 3.63) is 29.8 Å². The van der Waals surface area contributed by atoms with Crippen LogP contribution in [-0.2, 0) is 10.1 Å². The molecule has 0 aliphatic heterocycles. The van der Waals surface area contributed by atoms with Crippen molar-refractivity contribution in [1.29, 1.82) is 0 Å². The van der Waals surface area contributed by atoms with Gasteiger partial charge in [0.25, 0.3) is 10.1 Å². The highest BCUT2D eigenvalue weighted by atomic mass is 32.2. The molecular formula is C7H7NO3S2. The van der Waals surface area contributed by atoms with Crippen LogP contribution in [0.4, 0.5) is 0 Å². The lowest BCUT2D eigenvalue weighted by Gasteiger charge is -2.00. The molecule has 3 N–H and O–H groups in total. The van der Waals surface area contributed by atoms with Gasteiger partial charge in [-0.3, -0.25) is 4.55 Å². The maximum atomic E-state index is 10.7. The Morgan fingerprint density at radius 3 is 2.54 bits per heavy atom. The van der Waals surface area contributed by atoms with Gasteiger partial charge in [0.15, 0.2) is 0 Å². The zero-order valence-electron chi connectivity index (χ0n) is 6.47. The zero-order valence-corrected chi connectivity index (χ0v) is 8.10. The Kier molecular flexibility index (Phi) is 2.65. The molecule has 0 aliphatic carbocycles. The van der Waals surface area contributed by atoms with Crippen LogP contribution in [0.25, 0.3) is 0 Å². The van der Waals surface area contributed by atoms with Crippen molar-refractivity contribution in [3.63, 3.8) is 0 Å². The second kappa shape index (κ2) is 3.41. The van der Waals surface area contributed by atoms with Gasteiger partial charge in [0.05, 0.1) is 4.90 Å². The van der Waals surface area contributed by atoms with E-state index in [1.54, 1.807) is 6.07 Å². The molecule has 13 heavy (non-hydrogen) atoms. The summed E-state index contributed by atoms with van der Waals surface area (Å²) >= 11 is 4.65. The lowest BCUT2D eigenvalue weighted by Crippen LogP contribution is -2.10. The van der Waals surface area contributed by atoms with Gasteiger partial charge in [0.1, 0.15) is 4.99 Å². The van der Waals surface area contributed by atoms with Gasteiger partial charge < -0.3 is 5.73 Å². The predicted octanol–water partition coefficient (Wildman–Crippen LogP) is 0.568. The third kappa shape index (κ3) is 2.48.